The number of hydrogen-bond acceptors (Lipinski definition) is 2. The molecule has 0 saturated heterocycles. The first-order valence-corrected chi connectivity index (χ1v) is 7.77. The van der Waals surface area contributed by atoms with Gasteiger partial charge in [0.25, 0.3) is 5.91 Å². The number of benzene rings is 1. The Bertz CT molecular complexity index is 611. The van der Waals surface area contributed by atoms with Crippen LogP contribution in [0.3, 0.4) is 0 Å². The van der Waals surface area contributed by atoms with E-state index >= 15 is 0 Å². The van der Waals surface area contributed by atoms with E-state index in [4.69, 9.17) is 11.6 Å². The molecule has 0 unspecified atom stereocenters. The van der Waals surface area contributed by atoms with Crippen molar-refractivity contribution in [3.05, 3.63) is 55.1 Å². The molecule has 5 heteroatoms. The number of amides is 1. The third-order valence-electron chi connectivity index (χ3n) is 2.81. The summed E-state index contributed by atoms with van der Waals surface area (Å²) in [6.45, 7) is 2.47. The van der Waals surface area contributed by atoms with Crippen molar-refractivity contribution >= 4 is 44.8 Å². The molecule has 0 radical (unpaired) electrons. The summed E-state index contributed by atoms with van der Waals surface area (Å²) in [5, 5.41) is 2.57. The molecule has 100 valence electrons. The molecule has 0 aliphatic rings. The highest BCUT2D eigenvalue weighted by Gasteiger charge is 2.16. The molecule has 0 bridgehead atoms. The summed E-state index contributed by atoms with van der Waals surface area (Å²) in [5.41, 5.74) is 2.58. The molecular weight excluding hydrogens is 346 g/mol. The number of hydrogen-bond donors (Lipinski definition) is 0. The highest BCUT2D eigenvalue weighted by atomic mass is 79.9. The lowest BCUT2D eigenvalue weighted by Crippen LogP contribution is -2.26. The van der Waals surface area contributed by atoms with Crippen molar-refractivity contribution in [2.45, 2.75) is 13.5 Å². The van der Waals surface area contributed by atoms with Crippen molar-refractivity contribution in [1.29, 1.82) is 0 Å². The smallest absolute Gasteiger partial charge is 0.255 e. The fourth-order valence-electron chi connectivity index (χ4n) is 1.79. The van der Waals surface area contributed by atoms with E-state index in [-0.39, 0.29) is 5.91 Å². The van der Waals surface area contributed by atoms with Gasteiger partial charge in [-0.15, -0.1) is 11.3 Å². The third kappa shape index (κ3) is 3.38. The summed E-state index contributed by atoms with van der Waals surface area (Å²) in [6.07, 6.45) is 0. The second-order valence-electron chi connectivity index (χ2n) is 4.36. The van der Waals surface area contributed by atoms with Gasteiger partial charge in [0.15, 0.2) is 0 Å². The molecule has 1 aromatic carbocycles. The minimum Gasteiger partial charge on any atom is -0.337 e. The number of aryl methyl sites for hydroxylation is 1. The summed E-state index contributed by atoms with van der Waals surface area (Å²) < 4.78 is 1.07. The minimum atomic E-state index is -0.0592. The minimum absolute atomic E-state index is 0.0592. The van der Waals surface area contributed by atoms with Crippen LogP contribution < -0.4 is 0 Å². The molecule has 0 fully saturated rings. The van der Waals surface area contributed by atoms with Crippen molar-refractivity contribution in [1.82, 2.24) is 4.90 Å². The molecule has 1 aromatic heterocycles. The Labute approximate surface area is 130 Å². The van der Waals surface area contributed by atoms with Crippen LogP contribution in [0.5, 0.6) is 0 Å². The van der Waals surface area contributed by atoms with E-state index in [1.807, 2.05) is 30.5 Å². The van der Waals surface area contributed by atoms with Crippen LogP contribution in [-0.2, 0) is 6.54 Å². The number of nitrogens with zero attached hydrogens (tertiary/aromatic N) is 1. The zero-order chi connectivity index (χ0) is 14.0. The van der Waals surface area contributed by atoms with E-state index in [9.17, 15) is 4.79 Å². The Kier molecular flexibility index (Phi) is 4.66. The van der Waals surface area contributed by atoms with Crippen LogP contribution in [0.15, 0.2) is 33.4 Å². The highest BCUT2D eigenvalue weighted by molar-refractivity contribution is 9.11. The number of thiophene rings is 1. The zero-order valence-corrected chi connectivity index (χ0v) is 13.8. The van der Waals surface area contributed by atoms with E-state index in [0.717, 1.165) is 14.9 Å². The molecule has 1 amide bonds. The number of carbonyl (C=O) groups excluding carboxylic acids is 1. The molecule has 0 aliphatic heterocycles. The zero-order valence-electron chi connectivity index (χ0n) is 10.6. The van der Waals surface area contributed by atoms with Crippen molar-refractivity contribution < 1.29 is 4.79 Å². The molecule has 0 saturated carbocycles. The molecule has 0 atom stereocenters. The van der Waals surface area contributed by atoms with E-state index in [1.165, 1.54) is 0 Å². The van der Waals surface area contributed by atoms with Gasteiger partial charge < -0.3 is 4.90 Å². The lowest BCUT2D eigenvalue weighted by molar-refractivity contribution is 0.0785. The Morgan fingerprint density at radius 2 is 2.21 bits per heavy atom. The van der Waals surface area contributed by atoms with Gasteiger partial charge in [-0.3, -0.25) is 4.79 Å². The molecule has 0 spiro atoms. The summed E-state index contributed by atoms with van der Waals surface area (Å²) in [5.74, 6) is -0.0592. The summed E-state index contributed by atoms with van der Waals surface area (Å²) in [4.78, 5) is 14.0. The fraction of sp³-hybridized carbons (Fsp3) is 0.214. The monoisotopic (exact) mass is 357 g/mol. The second-order valence-corrected chi connectivity index (χ2v) is 7.03. The summed E-state index contributed by atoms with van der Waals surface area (Å²) in [7, 11) is 1.78. The van der Waals surface area contributed by atoms with Gasteiger partial charge in [-0.05, 0) is 51.5 Å². The molecule has 0 N–H and O–H groups in total. The number of carbonyl (C=O) groups is 1. The molecular formula is C14H13BrClNOS. The van der Waals surface area contributed by atoms with Crippen LogP contribution in [0.4, 0.5) is 0 Å². The normalized spacial score (nSPS) is 10.5. The van der Waals surface area contributed by atoms with Gasteiger partial charge in [-0.2, -0.15) is 0 Å². The number of rotatable bonds is 3. The van der Waals surface area contributed by atoms with E-state index in [0.29, 0.717) is 17.1 Å². The Hall–Kier alpha value is -0.840. The first kappa shape index (κ1) is 14.6. The van der Waals surface area contributed by atoms with Crippen LogP contribution in [0.25, 0.3) is 0 Å². The van der Waals surface area contributed by atoms with Crippen LogP contribution in [0, 0.1) is 6.92 Å². The van der Waals surface area contributed by atoms with Gasteiger partial charge in [0.1, 0.15) is 0 Å². The van der Waals surface area contributed by atoms with Gasteiger partial charge in [0, 0.05) is 13.6 Å². The van der Waals surface area contributed by atoms with Gasteiger partial charge in [0.2, 0.25) is 0 Å². The molecule has 2 nitrogen and oxygen atoms in total. The number of halogens is 2. The Morgan fingerprint density at radius 1 is 1.47 bits per heavy atom. The predicted molar refractivity (Wildman–Crippen MR) is 84.0 cm³/mol. The molecule has 1 heterocycles. The maximum absolute atomic E-state index is 12.4. The first-order chi connectivity index (χ1) is 8.99. The van der Waals surface area contributed by atoms with Crippen molar-refractivity contribution in [3.63, 3.8) is 0 Å². The summed E-state index contributed by atoms with van der Waals surface area (Å²) >= 11 is 11.2. The van der Waals surface area contributed by atoms with Crippen molar-refractivity contribution in [3.8, 4) is 0 Å². The topological polar surface area (TPSA) is 20.3 Å². The SMILES string of the molecule is Cc1cccc(C(=O)N(C)Cc2csc(Br)c2)c1Cl. The van der Waals surface area contributed by atoms with E-state index in [1.54, 1.807) is 29.4 Å². The molecule has 19 heavy (non-hydrogen) atoms. The van der Waals surface area contributed by atoms with Crippen LogP contribution in [0.1, 0.15) is 21.5 Å². The van der Waals surface area contributed by atoms with Crippen LogP contribution in [-0.4, -0.2) is 17.9 Å². The average molecular weight is 359 g/mol. The molecule has 2 rings (SSSR count). The van der Waals surface area contributed by atoms with Gasteiger partial charge in [-0.25, -0.2) is 0 Å². The van der Waals surface area contributed by atoms with Crippen molar-refractivity contribution in [2.75, 3.05) is 7.05 Å². The van der Waals surface area contributed by atoms with E-state index < -0.39 is 0 Å². The lowest BCUT2D eigenvalue weighted by Gasteiger charge is -2.17. The Morgan fingerprint density at radius 3 is 2.84 bits per heavy atom. The predicted octanol–water partition coefficient (Wildman–Crippen LogP) is 4.74. The quantitative estimate of drug-likeness (QED) is 0.775. The van der Waals surface area contributed by atoms with Gasteiger partial charge in [-0.1, -0.05) is 23.7 Å². The highest BCUT2D eigenvalue weighted by Crippen LogP contribution is 2.24. The maximum Gasteiger partial charge on any atom is 0.255 e. The van der Waals surface area contributed by atoms with E-state index in [2.05, 4.69) is 15.9 Å². The van der Waals surface area contributed by atoms with Gasteiger partial charge >= 0.3 is 0 Å². The fourth-order valence-corrected chi connectivity index (χ4v) is 3.20. The molecule has 0 aliphatic carbocycles. The van der Waals surface area contributed by atoms with Crippen LogP contribution in [0.2, 0.25) is 5.02 Å². The third-order valence-corrected chi connectivity index (χ3v) is 4.87. The maximum atomic E-state index is 12.4. The largest absolute Gasteiger partial charge is 0.337 e. The van der Waals surface area contributed by atoms with Gasteiger partial charge in [0.05, 0.1) is 14.4 Å². The first-order valence-electron chi connectivity index (χ1n) is 5.72. The Balaban J connectivity index is 2.17. The van der Waals surface area contributed by atoms with Crippen molar-refractivity contribution in [2.24, 2.45) is 0 Å². The van der Waals surface area contributed by atoms with Crippen LogP contribution >= 0.6 is 38.9 Å². The molecule has 2 aromatic rings. The lowest BCUT2D eigenvalue weighted by atomic mass is 10.1. The standard InChI is InChI=1S/C14H13BrClNOS/c1-9-4-3-5-11(13(9)16)14(18)17(2)7-10-6-12(15)19-8-10/h3-6,8H,7H2,1-2H3. The second kappa shape index (κ2) is 6.07. The summed E-state index contributed by atoms with van der Waals surface area (Å²) in [6, 6.07) is 7.53. The average Bonchev–Trinajstić information content (AvgIpc) is 2.77.